The fraction of sp³-hybridized carbons (Fsp3) is 0.286. The zero-order chi connectivity index (χ0) is 11.8. The van der Waals surface area contributed by atoms with Crippen LogP contribution in [0, 0.1) is 6.92 Å². The Morgan fingerprint density at radius 3 is 2.12 bits per heavy atom. The van der Waals surface area contributed by atoms with Gasteiger partial charge in [0, 0.05) is 0 Å². The van der Waals surface area contributed by atoms with Crippen LogP contribution < -0.4 is 4.74 Å². The smallest absolute Gasteiger partial charge is 0.118 e. The van der Waals surface area contributed by atoms with Crippen molar-refractivity contribution in [2.24, 2.45) is 0 Å². The number of methoxy groups -OCH3 is 1. The second kappa shape index (κ2) is 6.72. The molecule has 1 aromatic carbocycles. The van der Waals surface area contributed by atoms with Crippen molar-refractivity contribution < 1.29 is 9.15 Å². The quantitative estimate of drug-likeness (QED) is 0.764. The van der Waals surface area contributed by atoms with E-state index in [4.69, 9.17) is 9.15 Å². The number of benzene rings is 1. The molecule has 0 bridgehead atoms. The summed E-state index contributed by atoms with van der Waals surface area (Å²) in [6.45, 7) is 4.06. The number of aryl methyl sites for hydroxylation is 2. The highest BCUT2D eigenvalue weighted by atomic mass is 16.5. The van der Waals surface area contributed by atoms with Crippen molar-refractivity contribution in [3.8, 4) is 5.75 Å². The van der Waals surface area contributed by atoms with E-state index in [1.54, 1.807) is 13.4 Å². The zero-order valence-electron chi connectivity index (χ0n) is 10.1. The molecular formula is C14H18O2. The van der Waals surface area contributed by atoms with Crippen molar-refractivity contribution in [1.29, 1.82) is 0 Å². The monoisotopic (exact) mass is 218 g/mol. The minimum Gasteiger partial charge on any atom is -0.497 e. The maximum Gasteiger partial charge on any atom is 0.118 e. The van der Waals surface area contributed by atoms with Crippen molar-refractivity contribution in [2.45, 2.75) is 20.3 Å². The van der Waals surface area contributed by atoms with Gasteiger partial charge in [0.1, 0.15) is 11.5 Å². The molecule has 16 heavy (non-hydrogen) atoms. The zero-order valence-corrected chi connectivity index (χ0v) is 10.1. The Morgan fingerprint density at radius 1 is 1.12 bits per heavy atom. The molecule has 0 amide bonds. The van der Waals surface area contributed by atoms with E-state index in [0.717, 1.165) is 17.9 Å². The van der Waals surface area contributed by atoms with E-state index >= 15 is 0 Å². The summed E-state index contributed by atoms with van der Waals surface area (Å²) in [7, 11) is 1.68. The molecule has 0 atom stereocenters. The number of hydrogen-bond donors (Lipinski definition) is 0. The van der Waals surface area contributed by atoms with E-state index in [2.05, 4.69) is 19.1 Å². The summed E-state index contributed by atoms with van der Waals surface area (Å²) in [6.07, 6.45) is 2.75. The van der Waals surface area contributed by atoms with Crippen LogP contribution in [-0.4, -0.2) is 7.11 Å². The first-order chi connectivity index (χ1) is 7.76. The van der Waals surface area contributed by atoms with E-state index in [1.807, 2.05) is 31.2 Å². The predicted molar refractivity (Wildman–Crippen MR) is 65.8 cm³/mol. The fourth-order valence-electron chi connectivity index (χ4n) is 1.22. The van der Waals surface area contributed by atoms with Gasteiger partial charge in [-0.2, -0.15) is 0 Å². The highest BCUT2D eigenvalue weighted by molar-refractivity contribution is 5.26. The van der Waals surface area contributed by atoms with Crippen LogP contribution in [-0.2, 0) is 6.42 Å². The molecule has 0 aliphatic rings. The minimum atomic E-state index is 0.928. The Morgan fingerprint density at radius 2 is 1.81 bits per heavy atom. The third-order valence-corrected chi connectivity index (χ3v) is 2.23. The first kappa shape index (κ1) is 12.4. The molecule has 0 aliphatic carbocycles. The summed E-state index contributed by atoms with van der Waals surface area (Å²) in [5.41, 5.74) is 1.35. The molecule has 0 spiro atoms. The summed E-state index contributed by atoms with van der Waals surface area (Å²) >= 11 is 0. The Hall–Kier alpha value is -1.70. The Balaban J connectivity index is 0.000000181. The second-order valence-corrected chi connectivity index (χ2v) is 3.43. The van der Waals surface area contributed by atoms with E-state index in [0.29, 0.717) is 0 Å². The first-order valence-corrected chi connectivity index (χ1v) is 5.39. The molecule has 0 saturated carbocycles. The Labute approximate surface area is 96.9 Å². The predicted octanol–water partition coefficient (Wildman–Crippen LogP) is 3.85. The van der Waals surface area contributed by atoms with Crippen LogP contribution >= 0.6 is 0 Å². The topological polar surface area (TPSA) is 22.4 Å². The third kappa shape index (κ3) is 4.22. The molecule has 0 saturated heterocycles. The molecule has 0 radical (unpaired) electrons. The van der Waals surface area contributed by atoms with Gasteiger partial charge >= 0.3 is 0 Å². The van der Waals surface area contributed by atoms with Gasteiger partial charge in [0.15, 0.2) is 0 Å². The molecule has 0 aliphatic heterocycles. The molecule has 86 valence electrons. The lowest BCUT2D eigenvalue weighted by Gasteiger charge is -1.99. The molecule has 2 heteroatoms. The van der Waals surface area contributed by atoms with Crippen molar-refractivity contribution >= 4 is 0 Å². The lowest BCUT2D eigenvalue weighted by Crippen LogP contribution is -1.83. The SMILES string of the molecule is CCc1ccc(OC)cc1.Cc1ccco1. The van der Waals surface area contributed by atoms with Crippen molar-refractivity contribution in [3.63, 3.8) is 0 Å². The average Bonchev–Trinajstić information content (AvgIpc) is 2.81. The van der Waals surface area contributed by atoms with Gasteiger partial charge in [0.2, 0.25) is 0 Å². The molecular weight excluding hydrogens is 200 g/mol. The lowest BCUT2D eigenvalue weighted by atomic mass is 10.2. The standard InChI is InChI=1S/C9H12O.C5H6O/c1-3-8-4-6-9(10-2)7-5-8;1-5-3-2-4-6-5/h4-7H,3H2,1-2H3;2-4H,1H3. The summed E-state index contributed by atoms with van der Waals surface area (Å²) in [5.74, 6) is 1.90. The summed E-state index contributed by atoms with van der Waals surface area (Å²) < 4.78 is 9.85. The number of ether oxygens (including phenoxy) is 1. The molecule has 0 N–H and O–H groups in total. The van der Waals surface area contributed by atoms with Crippen molar-refractivity contribution in [2.75, 3.05) is 7.11 Å². The van der Waals surface area contributed by atoms with Gasteiger partial charge in [-0.05, 0) is 43.2 Å². The maximum absolute atomic E-state index is 5.01. The molecule has 0 unspecified atom stereocenters. The molecule has 1 heterocycles. The molecule has 1 aromatic heterocycles. The van der Waals surface area contributed by atoms with Gasteiger partial charge < -0.3 is 9.15 Å². The van der Waals surface area contributed by atoms with Gasteiger partial charge in [0.05, 0.1) is 13.4 Å². The van der Waals surface area contributed by atoms with Gasteiger partial charge in [-0.25, -0.2) is 0 Å². The van der Waals surface area contributed by atoms with Gasteiger partial charge in [-0.1, -0.05) is 19.1 Å². The van der Waals surface area contributed by atoms with Crippen LogP contribution in [0.5, 0.6) is 5.75 Å². The molecule has 2 aromatic rings. The van der Waals surface area contributed by atoms with Crippen molar-refractivity contribution in [1.82, 2.24) is 0 Å². The lowest BCUT2D eigenvalue weighted by molar-refractivity contribution is 0.414. The van der Waals surface area contributed by atoms with E-state index in [-0.39, 0.29) is 0 Å². The normalized spacial score (nSPS) is 9.19. The van der Waals surface area contributed by atoms with Crippen LogP contribution in [0.1, 0.15) is 18.2 Å². The maximum atomic E-state index is 5.01. The van der Waals surface area contributed by atoms with E-state index in [9.17, 15) is 0 Å². The average molecular weight is 218 g/mol. The van der Waals surface area contributed by atoms with Gasteiger partial charge in [-0.15, -0.1) is 0 Å². The van der Waals surface area contributed by atoms with Crippen LogP contribution in [0.4, 0.5) is 0 Å². The number of furan rings is 1. The highest BCUT2D eigenvalue weighted by Crippen LogP contribution is 2.10. The largest absolute Gasteiger partial charge is 0.497 e. The Kier molecular flexibility index (Phi) is 5.20. The van der Waals surface area contributed by atoms with Crippen LogP contribution in [0.15, 0.2) is 47.1 Å². The number of hydrogen-bond acceptors (Lipinski definition) is 2. The second-order valence-electron chi connectivity index (χ2n) is 3.43. The van der Waals surface area contributed by atoms with Crippen molar-refractivity contribution in [3.05, 3.63) is 54.0 Å². The Bertz CT molecular complexity index is 351. The van der Waals surface area contributed by atoms with Crippen LogP contribution in [0.25, 0.3) is 0 Å². The molecule has 2 rings (SSSR count). The first-order valence-electron chi connectivity index (χ1n) is 5.39. The van der Waals surface area contributed by atoms with E-state index in [1.165, 1.54) is 5.56 Å². The fourth-order valence-corrected chi connectivity index (χ4v) is 1.22. The summed E-state index contributed by atoms with van der Waals surface area (Å²) in [5, 5.41) is 0. The highest BCUT2D eigenvalue weighted by Gasteiger charge is 1.89. The summed E-state index contributed by atoms with van der Waals surface area (Å²) in [4.78, 5) is 0. The minimum absolute atomic E-state index is 0.928. The summed E-state index contributed by atoms with van der Waals surface area (Å²) in [6, 6.07) is 11.9. The van der Waals surface area contributed by atoms with Gasteiger partial charge in [0.25, 0.3) is 0 Å². The van der Waals surface area contributed by atoms with Crippen LogP contribution in [0.2, 0.25) is 0 Å². The van der Waals surface area contributed by atoms with E-state index < -0.39 is 0 Å². The van der Waals surface area contributed by atoms with Gasteiger partial charge in [-0.3, -0.25) is 0 Å². The third-order valence-electron chi connectivity index (χ3n) is 2.23. The van der Waals surface area contributed by atoms with Crippen LogP contribution in [0.3, 0.4) is 0 Å². The number of rotatable bonds is 2. The molecule has 2 nitrogen and oxygen atoms in total. The molecule has 0 fully saturated rings.